The number of carbonyl (C=O) groups excluding carboxylic acids is 1. The van der Waals surface area contributed by atoms with E-state index in [9.17, 15) is 14.9 Å². The van der Waals surface area contributed by atoms with Gasteiger partial charge in [0.1, 0.15) is 11.6 Å². The van der Waals surface area contributed by atoms with Gasteiger partial charge in [0.15, 0.2) is 11.5 Å². The third-order valence-electron chi connectivity index (χ3n) is 3.66. The van der Waals surface area contributed by atoms with Gasteiger partial charge in [-0.25, -0.2) is 4.79 Å². The van der Waals surface area contributed by atoms with Crippen LogP contribution in [0.4, 0.5) is 5.69 Å². The summed E-state index contributed by atoms with van der Waals surface area (Å²) in [5.74, 6) is -0.610. The molecule has 0 saturated carbocycles. The zero-order valence-corrected chi connectivity index (χ0v) is 18.0. The molecule has 29 heavy (non-hydrogen) atoms. The summed E-state index contributed by atoms with van der Waals surface area (Å²) in [6.07, 6.45) is 1.44. The van der Waals surface area contributed by atoms with Gasteiger partial charge in [0.25, 0.3) is 5.91 Å². The molecule has 0 aromatic heterocycles. The predicted octanol–water partition coefficient (Wildman–Crippen LogP) is 4.33. The van der Waals surface area contributed by atoms with Crippen LogP contribution in [0.1, 0.15) is 29.8 Å². The minimum absolute atomic E-state index is 0.0349. The number of nitriles is 1. The molecular weight excluding hydrogens is 487 g/mol. The van der Waals surface area contributed by atoms with Crippen LogP contribution in [0.5, 0.6) is 11.5 Å². The molecule has 2 N–H and O–H groups in total. The van der Waals surface area contributed by atoms with Crippen molar-refractivity contribution in [2.45, 2.75) is 13.8 Å². The summed E-state index contributed by atoms with van der Waals surface area (Å²) in [5.41, 5.74) is 0.792. The number of benzene rings is 2. The number of aromatic carboxylic acids is 1. The van der Waals surface area contributed by atoms with Gasteiger partial charge in [0.05, 0.1) is 22.3 Å². The molecule has 0 bridgehead atoms. The Bertz CT molecular complexity index is 995. The van der Waals surface area contributed by atoms with E-state index in [2.05, 4.69) is 27.9 Å². The van der Waals surface area contributed by atoms with E-state index in [1.54, 1.807) is 18.2 Å². The Hall–Kier alpha value is -3.06. The van der Waals surface area contributed by atoms with Crippen molar-refractivity contribution in [3.05, 3.63) is 56.7 Å². The molecule has 0 aliphatic carbocycles. The van der Waals surface area contributed by atoms with E-state index in [0.717, 1.165) is 3.57 Å². The van der Waals surface area contributed by atoms with Gasteiger partial charge in [0.2, 0.25) is 0 Å². The highest BCUT2D eigenvalue weighted by Crippen LogP contribution is 2.35. The van der Waals surface area contributed by atoms with Crippen LogP contribution in [-0.4, -0.2) is 30.2 Å². The molecule has 0 atom stereocenters. The summed E-state index contributed by atoms with van der Waals surface area (Å²) in [7, 11) is 0. The first-order valence-corrected chi connectivity index (χ1v) is 9.83. The number of carbonyl (C=O) groups is 2. The Kier molecular flexibility index (Phi) is 8.03. The maximum Gasteiger partial charge on any atom is 0.335 e. The van der Waals surface area contributed by atoms with Gasteiger partial charge in [-0.2, -0.15) is 5.26 Å². The second-order valence-corrected chi connectivity index (χ2v) is 6.87. The summed E-state index contributed by atoms with van der Waals surface area (Å²) < 4.78 is 12.0. The SMILES string of the molecule is CCOc1cc(/C=C(/C#N)C(=O)Nc2cccc(C(=O)O)c2)cc(I)c1OCC. The molecule has 0 saturated heterocycles. The molecule has 1 amide bonds. The fourth-order valence-electron chi connectivity index (χ4n) is 2.46. The summed E-state index contributed by atoms with van der Waals surface area (Å²) in [6, 6.07) is 11.2. The molecule has 0 fully saturated rings. The van der Waals surface area contributed by atoms with Crippen LogP contribution in [0.3, 0.4) is 0 Å². The number of amides is 1. The normalized spacial score (nSPS) is 10.8. The number of ether oxygens (including phenoxy) is 2. The summed E-state index contributed by atoms with van der Waals surface area (Å²) in [6.45, 7) is 4.64. The van der Waals surface area contributed by atoms with Gasteiger partial charge in [0, 0.05) is 5.69 Å². The van der Waals surface area contributed by atoms with E-state index in [-0.39, 0.29) is 16.8 Å². The molecular formula is C21H19IN2O5. The average molecular weight is 506 g/mol. The molecule has 0 heterocycles. The lowest BCUT2D eigenvalue weighted by atomic mass is 10.1. The number of carboxylic acids is 1. The lowest BCUT2D eigenvalue weighted by Crippen LogP contribution is -2.14. The molecule has 0 unspecified atom stereocenters. The molecule has 2 aromatic rings. The number of nitrogens with zero attached hydrogens (tertiary/aromatic N) is 1. The second-order valence-electron chi connectivity index (χ2n) is 5.71. The van der Waals surface area contributed by atoms with E-state index in [1.165, 1.54) is 24.3 Å². The first-order valence-electron chi connectivity index (χ1n) is 8.75. The van der Waals surface area contributed by atoms with Crippen molar-refractivity contribution in [1.29, 1.82) is 5.26 Å². The van der Waals surface area contributed by atoms with Crippen LogP contribution in [0.25, 0.3) is 6.08 Å². The van der Waals surface area contributed by atoms with Gasteiger partial charge < -0.3 is 19.9 Å². The Morgan fingerprint density at radius 2 is 1.93 bits per heavy atom. The summed E-state index contributed by atoms with van der Waals surface area (Å²) in [5, 5.41) is 21.0. The summed E-state index contributed by atoms with van der Waals surface area (Å²) in [4.78, 5) is 23.5. The molecule has 2 rings (SSSR count). The largest absolute Gasteiger partial charge is 0.490 e. The Balaban J connectivity index is 2.33. The van der Waals surface area contributed by atoms with Crippen LogP contribution in [0.2, 0.25) is 0 Å². The number of halogens is 1. The van der Waals surface area contributed by atoms with Crippen LogP contribution in [-0.2, 0) is 4.79 Å². The van der Waals surface area contributed by atoms with Crippen LogP contribution in [0.15, 0.2) is 42.0 Å². The molecule has 0 spiro atoms. The third-order valence-corrected chi connectivity index (χ3v) is 4.47. The minimum atomic E-state index is -1.11. The number of anilines is 1. The Labute approximate surface area is 182 Å². The van der Waals surface area contributed by atoms with Crippen LogP contribution >= 0.6 is 22.6 Å². The fraction of sp³-hybridized carbons (Fsp3) is 0.190. The molecule has 0 radical (unpaired) electrons. The Morgan fingerprint density at radius 1 is 1.21 bits per heavy atom. The quantitative estimate of drug-likeness (QED) is 0.314. The number of rotatable bonds is 8. The number of hydrogen-bond donors (Lipinski definition) is 2. The van der Waals surface area contributed by atoms with Crippen LogP contribution < -0.4 is 14.8 Å². The standard InChI is InChI=1S/C21H19IN2O5/c1-3-28-18-10-13(9-17(22)19(18)29-4-2)8-15(12-23)20(25)24-16-7-5-6-14(11-16)21(26)27/h5-11H,3-4H2,1-2H3,(H,24,25)(H,26,27)/b15-8-. The summed E-state index contributed by atoms with van der Waals surface area (Å²) >= 11 is 2.11. The van der Waals surface area contributed by atoms with E-state index in [4.69, 9.17) is 14.6 Å². The lowest BCUT2D eigenvalue weighted by Gasteiger charge is -2.13. The maximum atomic E-state index is 12.5. The predicted molar refractivity (Wildman–Crippen MR) is 117 cm³/mol. The molecule has 0 aliphatic heterocycles. The molecule has 7 nitrogen and oxygen atoms in total. The molecule has 2 aromatic carbocycles. The Morgan fingerprint density at radius 3 is 2.55 bits per heavy atom. The van der Waals surface area contributed by atoms with E-state index >= 15 is 0 Å². The fourth-order valence-corrected chi connectivity index (χ4v) is 3.24. The van der Waals surface area contributed by atoms with Crippen molar-refractivity contribution in [2.24, 2.45) is 0 Å². The van der Waals surface area contributed by atoms with Crippen molar-refractivity contribution < 1.29 is 24.2 Å². The van der Waals surface area contributed by atoms with Crippen molar-refractivity contribution in [3.8, 4) is 17.6 Å². The zero-order chi connectivity index (χ0) is 21.4. The third kappa shape index (κ3) is 5.96. The maximum absolute atomic E-state index is 12.5. The highest BCUT2D eigenvalue weighted by atomic mass is 127. The number of hydrogen-bond acceptors (Lipinski definition) is 5. The van der Waals surface area contributed by atoms with Crippen LogP contribution in [0, 0.1) is 14.9 Å². The van der Waals surface area contributed by atoms with Crippen molar-refractivity contribution in [2.75, 3.05) is 18.5 Å². The topological polar surface area (TPSA) is 109 Å². The van der Waals surface area contributed by atoms with E-state index in [0.29, 0.717) is 30.3 Å². The smallest absolute Gasteiger partial charge is 0.335 e. The average Bonchev–Trinajstić information content (AvgIpc) is 2.69. The second kappa shape index (κ2) is 10.5. The van der Waals surface area contributed by atoms with E-state index in [1.807, 2.05) is 19.9 Å². The van der Waals surface area contributed by atoms with E-state index < -0.39 is 11.9 Å². The van der Waals surface area contributed by atoms with Gasteiger partial charge in [-0.1, -0.05) is 6.07 Å². The van der Waals surface area contributed by atoms with Crippen molar-refractivity contribution in [3.63, 3.8) is 0 Å². The van der Waals surface area contributed by atoms with Gasteiger partial charge >= 0.3 is 5.97 Å². The first kappa shape index (κ1) is 22.2. The van der Waals surface area contributed by atoms with Gasteiger partial charge in [-0.3, -0.25) is 4.79 Å². The number of nitrogens with one attached hydrogen (secondary N) is 1. The van der Waals surface area contributed by atoms with Crippen molar-refractivity contribution >= 4 is 46.2 Å². The van der Waals surface area contributed by atoms with Gasteiger partial charge in [-0.05, 0) is 78.4 Å². The molecule has 150 valence electrons. The molecule has 0 aliphatic rings. The highest BCUT2D eigenvalue weighted by Gasteiger charge is 2.14. The zero-order valence-electron chi connectivity index (χ0n) is 15.9. The monoisotopic (exact) mass is 506 g/mol. The van der Waals surface area contributed by atoms with Gasteiger partial charge in [-0.15, -0.1) is 0 Å². The number of carboxylic acid groups (broad SMARTS) is 1. The highest BCUT2D eigenvalue weighted by molar-refractivity contribution is 14.1. The lowest BCUT2D eigenvalue weighted by molar-refractivity contribution is -0.112. The first-order chi connectivity index (χ1) is 13.9. The minimum Gasteiger partial charge on any atom is -0.490 e. The van der Waals surface area contributed by atoms with Crippen molar-refractivity contribution in [1.82, 2.24) is 0 Å². The molecule has 8 heteroatoms.